The van der Waals surface area contributed by atoms with Gasteiger partial charge in [-0.2, -0.15) is 9.78 Å². The van der Waals surface area contributed by atoms with Gasteiger partial charge in [-0.25, -0.2) is 4.98 Å². The van der Waals surface area contributed by atoms with Crippen LogP contribution in [0.3, 0.4) is 0 Å². The number of nitrogens with zero attached hydrogens (tertiary/aromatic N) is 3. The molecular formula is C24H20ClN3O3. The SMILES string of the molecule is COc1ccc(-c2nc3cc(Cl)ccc3c(=O)n2N=Cc2ccc(C)cc2)cc1OC. The lowest BCUT2D eigenvalue weighted by Gasteiger charge is -2.12. The zero-order valence-corrected chi connectivity index (χ0v) is 18.1. The van der Waals surface area contributed by atoms with Crippen LogP contribution in [-0.4, -0.2) is 30.1 Å². The van der Waals surface area contributed by atoms with Crippen LogP contribution in [-0.2, 0) is 0 Å². The average Bonchev–Trinajstić information content (AvgIpc) is 2.78. The van der Waals surface area contributed by atoms with E-state index in [1.54, 1.807) is 56.8 Å². The highest BCUT2D eigenvalue weighted by Crippen LogP contribution is 2.32. The average molecular weight is 434 g/mol. The van der Waals surface area contributed by atoms with Crippen molar-refractivity contribution in [3.63, 3.8) is 0 Å². The molecule has 3 aromatic carbocycles. The Balaban J connectivity index is 1.95. The Bertz CT molecular complexity index is 1350. The van der Waals surface area contributed by atoms with Gasteiger partial charge in [-0.05, 0) is 48.9 Å². The third-order valence-electron chi connectivity index (χ3n) is 4.85. The van der Waals surface area contributed by atoms with E-state index < -0.39 is 0 Å². The largest absolute Gasteiger partial charge is 0.493 e. The lowest BCUT2D eigenvalue weighted by Crippen LogP contribution is -2.20. The minimum Gasteiger partial charge on any atom is -0.493 e. The summed E-state index contributed by atoms with van der Waals surface area (Å²) in [5.41, 5.74) is 2.85. The second kappa shape index (κ2) is 8.62. The number of ether oxygens (including phenoxy) is 2. The predicted octanol–water partition coefficient (Wildman–Crippen LogP) is 4.92. The van der Waals surface area contributed by atoms with Crippen LogP contribution in [0.1, 0.15) is 11.1 Å². The minimum atomic E-state index is -0.296. The van der Waals surface area contributed by atoms with Crippen molar-refractivity contribution in [3.05, 3.63) is 87.2 Å². The maximum atomic E-state index is 13.3. The van der Waals surface area contributed by atoms with Gasteiger partial charge in [0.25, 0.3) is 5.56 Å². The molecule has 1 aromatic heterocycles. The lowest BCUT2D eigenvalue weighted by atomic mass is 10.1. The van der Waals surface area contributed by atoms with Gasteiger partial charge in [0.15, 0.2) is 17.3 Å². The molecule has 156 valence electrons. The molecule has 0 aliphatic rings. The Morgan fingerprint density at radius 3 is 2.42 bits per heavy atom. The lowest BCUT2D eigenvalue weighted by molar-refractivity contribution is 0.355. The monoisotopic (exact) mass is 433 g/mol. The summed E-state index contributed by atoms with van der Waals surface area (Å²) in [7, 11) is 3.12. The number of aryl methyl sites for hydroxylation is 1. The van der Waals surface area contributed by atoms with Gasteiger partial charge in [0.2, 0.25) is 0 Å². The van der Waals surface area contributed by atoms with Gasteiger partial charge in [0.05, 0.1) is 31.3 Å². The van der Waals surface area contributed by atoms with Crippen molar-refractivity contribution < 1.29 is 9.47 Å². The van der Waals surface area contributed by atoms with Gasteiger partial charge in [-0.1, -0.05) is 41.4 Å². The molecule has 4 aromatic rings. The highest BCUT2D eigenvalue weighted by atomic mass is 35.5. The molecule has 1 heterocycles. The van der Waals surface area contributed by atoms with E-state index in [1.807, 2.05) is 31.2 Å². The minimum absolute atomic E-state index is 0.296. The Morgan fingerprint density at radius 1 is 0.968 bits per heavy atom. The zero-order chi connectivity index (χ0) is 22.0. The Kier molecular flexibility index (Phi) is 5.73. The molecule has 0 amide bonds. The van der Waals surface area contributed by atoms with E-state index in [9.17, 15) is 4.79 Å². The summed E-state index contributed by atoms with van der Waals surface area (Å²) >= 11 is 6.14. The maximum absolute atomic E-state index is 13.3. The van der Waals surface area contributed by atoms with E-state index in [4.69, 9.17) is 26.1 Å². The first-order valence-electron chi connectivity index (χ1n) is 9.56. The topological polar surface area (TPSA) is 65.7 Å². The zero-order valence-electron chi connectivity index (χ0n) is 17.3. The van der Waals surface area contributed by atoms with E-state index in [0.29, 0.717) is 38.8 Å². The normalized spacial score (nSPS) is 11.2. The molecule has 0 spiro atoms. The van der Waals surface area contributed by atoms with Crippen molar-refractivity contribution >= 4 is 28.7 Å². The molecule has 0 saturated carbocycles. The van der Waals surface area contributed by atoms with Gasteiger partial charge >= 0.3 is 0 Å². The molecule has 0 unspecified atom stereocenters. The molecule has 0 aliphatic heterocycles. The molecular weight excluding hydrogens is 414 g/mol. The first kappa shape index (κ1) is 20.6. The summed E-state index contributed by atoms with van der Waals surface area (Å²) in [6.45, 7) is 2.01. The number of benzene rings is 3. The summed E-state index contributed by atoms with van der Waals surface area (Å²) in [6.07, 6.45) is 1.63. The second-order valence-corrected chi connectivity index (χ2v) is 7.38. The van der Waals surface area contributed by atoms with Gasteiger partial charge in [-0.15, -0.1) is 0 Å². The van der Waals surface area contributed by atoms with E-state index in [-0.39, 0.29) is 5.56 Å². The summed E-state index contributed by atoms with van der Waals surface area (Å²) < 4.78 is 12.0. The van der Waals surface area contributed by atoms with Gasteiger partial charge in [-0.3, -0.25) is 4.79 Å². The highest BCUT2D eigenvalue weighted by molar-refractivity contribution is 6.31. The summed E-state index contributed by atoms with van der Waals surface area (Å²) in [6, 6.07) is 18.2. The van der Waals surface area contributed by atoms with Crippen LogP contribution in [0.25, 0.3) is 22.3 Å². The van der Waals surface area contributed by atoms with E-state index in [1.165, 1.54) is 4.68 Å². The van der Waals surface area contributed by atoms with E-state index in [2.05, 4.69) is 5.10 Å². The van der Waals surface area contributed by atoms with Crippen molar-refractivity contribution in [2.45, 2.75) is 6.92 Å². The summed E-state index contributed by atoms with van der Waals surface area (Å²) in [4.78, 5) is 18.0. The number of halogens is 1. The Labute approximate surface area is 184 Å². The number of rotatable bonds is 5. The van der Waals surface area contributed by atoms with Crippen molar-refractivity contribution in [2.75, 3.05) is 14.2 Å². The fourth-order valence-corrected chi connectivity index (χ4v) is 3.36. The maximum Gasteiger partial charge on any atom is 0.282 e. The van der Waals surface area contributed by atoms with Crippen LogP contribution < -0.4 is 15.0 Å². The Hall–Kier alpha value is -3.64. The second-order valence-electron chi connectivity index (χ2n) is 6.94. The first-order chi connectivity index (χ1) is 15.0. The van der Waals surface area contributed by atoms with Crippen LogP contribution in [0.5, 0.6) is 11.5 Å². The smallest absolute Gasteiger partial charge is 0.282 e. The van der Waals surface area contributed by atoms with Crippen LogP contribution >= 0.6 is 11.6 Å². The van der Waals surface area contributed by atoms with Crippen molar-refractivity contribution in [2.24, 2.45) is 5.10 Å². The summed E-state index contributed by atoms with van der Waals surface area (Å²) in [5, 5.41) is 5.39. The predicted molar refractivity (Wildman–Crippen MR) is 124 cm³/mol. The van der Waals surface area contributed by atoms with Gasteiger partial charge < -0.3 is 9.47 Å². The first-order valence-corrected chi connectivity index (χ1v) is 9.93. The van der Waals surface area contributed by atoms with Crippen LogP contribution in [0.4, 0.5) is 0 Å². The highest BCUT2D eigenvalue weighted by Gasteiger charge is 2.15. The van der Waals surface area contributed by atoms with E-state index >= 15 is 0 Å². The molecule has 0 fully saturated rings. The number of hydrogen-bond acceptors (Lipinski definition) is 5. The molecule has 0 N–H and O–H groups in total. The number of fused-ring (bicyclic) bond motifs is 1. The fraction of sp³-hybridized carbons (Fsp3) is 0.125. The molecule has 0 bridgehead atoms. The molecule has 0 aliphatic carbocycles. The van der Waals surface area contributed by atoms with Crippen LogP contribution in [0.2, 0.25) is 5.02 Å². The molecule has 0 atom stereocenters. The fourth-order valence-electron chi connectivity index (χ4n) is 3.20. The molecule has 0 radical (unpaired) electrons. The van der Waals surface area contributed by atoms with Crippen molar-refractivity contribution in [3.8, 4) is 22.9 Å². The van der Waals surface area contributed by atoms with Gasteiger partial charge in [0.1, 0.15) is 0 Å². The molecule has 31 heavy (non-hydrogen) atoms. The summed E-state index contributed by atoms with van der Waals surface area (Å²) in [5.74, 6) is 1.46. The number of methoxy groups -OCH3 is 2. The van der Waals surface area contributed by atoms with Crippen LogP contribution in [0.15, 0.2) is 70.6 Å². The van der Waals surface area contributed by atoms with Crippen LogP contribution in [0, 0.1) is 6.92 Å². The van der Waals surface area contributed by atoms with Gasteiger partial charge in [0, 0.05) is 10.6 Å². The molecule has 0 saturated heterocycles. The third kappa shape index (κ3) is 4.15. The van der Waals surface area contributed by atoms with Crippen molar-refractivity contribution in [1.82, 2.24) is 9.66 Å². The molecule has 6 nitrogen and oxygen atoms in total. The van der Waals surface area contributed by atoms with E-state index in [0.717, 1.165) is 11.1 Å². The Morgan fingerprint density at radius 2 is 1.71 bits per heavy atom. The number of aromatic nitrogens is 2. The standard InChI is InChI=1S/C24H20ClN3O3/c1-15-4-6-16(7-5-15)14-26-28-23(17-8-11-21(30-2)22(12-17)31-3)27-20-13-18(25)9-10-19(20)24(28)29/h4-14H,1-3H3. The quantitative estimate of drug-likeness (QED) is 0.419. The van der Waals surface area contributed by atoms with Crippen molar-refractivity contribution in [1.29, 1.82) is 0 Å². The third-order valence-corrected chi connectivity index (χ3v) is 5.09. The molecule has 7 heteroatoms. The molecule has 4 rings (SSSR count). The number of hydrogen-bond donors (Lipinski definition) is 0.